The Morgan fingerprint density at radius 2 is 0.833 bits per heavy atom. The maximum absolute atomic E-state index is 5.01. The molecule has 2 aliphatic rings. The van der Waals surface area contributed by atoms with Crippen molar-refractivity contribution < 1.29 is 0 Å². The van der Waals surface area contributed by atoms with E-state index in [4.69, 9.17) is 9.97 Å². The van der Waals surface area contributed by atoms with Gasteiger partial charge in [0.2, 0.25) is 0 Å². The summed E-state index contributed by atoms with van der Waals surface area (Å²) in [4.78, 5) is 13.5. The summed E-state index contributed by atoms with van der Waals surface area (Å²) in [6.45, 7) is 0. The molecule has 4 heteroatoms. The minimum Gasteiger partial charge on any atom is -0.355 e. The van der Waals surface area contributed by atoms with Crippen molar-refractivity contribution in [1.29, 1.82) is 0 Å². The predicted molar refractivity (Wildman–Crippen MR) is 175 cm³/mol. The Hall–Kier alpha value is -5.74. The number of nitrogens with zero attached hydrogens (tertiary/aromatic N) is 3. The van der Waals surface area contributed by atoms with Crippen LogP contribution < -0.4 is 0 Å². The van der Waals surface area contributed by atoms with Gasteiger partial charge in [-0.15, -0.1) is 0 Å². The lowest BCUT2D eigenvalue weighted by Crippen LogP contribution is -1.94. The molecule has 6 aromatic rings. The molecule has 5 heterocycles. The molecule has 0 spiro atoms. The summed E-state index contributed by atoms with van der Waals surface area (Å²) >= 11 is 0. The summed E-state index contributed by atoms with van der Waals surface area (Å²) in [5.41, 5.74) is 13.4. The van der Waals surface area contributed by atoms with Crippen LogP contribution in [0.2, 0.25) is 0 Å². The van der Waals surface area contributed by atoms with Gasteiger partial charge < -0.3 is 9.55 Å². The number of nitrogens with one attached hydrogen (secondary N) is 1. The fourth-order valence-corrected chi connectivity index (χ4v) is 5.84. The minimum absolute atomic E-state index is 0.901. The quantitative estimate of drug-likeness (QED) is 0.243. The molecule has 2 aliphatic heterocycles. The van der Waals surface area contributed by atoms with Crippen molar-refractivity contribution in [2.45, 2.75) is 0 Å². The Morgan fingerprint density at radius 3 is 1.29 bits per heavy atom. The van der Waals surface area contributed by atoms with E-state index in [9.17, 15) is 0 Å². The lowest BCUT2D eigenvalue weighted by Gasteiger charge is -2.08. The first kappa shape index (κ1) is 24.1. The van der Waals surface area contributed by atoms with Crippen LogP contribution in [0.4, 0.5) is 0 Å². The second-order valence-corrected chi connectivity index (χ2v) is 10.5. The van der Waals surface area contributed by atoms with Crippen LogP contribution in [0.5, 0.6) is 0 Å². The van der Waals surface area contributed by atoms with Crippen LogP contribution in [0, 0.1) is 0 Å². The van der Waals surface area contributed by atoms with Gasteiger partial charge in [0, 0.05) is 27.8 Å². The van der Waals surface area contributed by atoms with E-state index in [1.165, 1.54) is 0 Å². The van der Waals surface area contributed by atoms with Crippen LogP contribution >= 0.6 is 0 Å². The lowest BCUT2D eigenvalue weighted by molar-refractivity contribution is 1.17. The highest BCUT2D eigenvalue weighted by Crippen LogP contribution is 2.43. The van der Waals surface area contributed by atoms with E-state index in [2.05, 4.69) is 161 Å². The van der Waals surface area contributed by atoms with Gasteiger partial charge in [0.15, 0.2) is 0 Å². The Kier molecular flexibility index (Phi) is 5.75. The summed E-state index contributed by atoms with van der Waals surface area (Å²) in [5.74, 6) is 0. The third-order valence-corrected chi connectivity index (χ3v) is 7.66. The molecule has 8 rings (SSSR count). The predicted octanol–water partition coefficient (Wildman–Crippen LogP) is 9.45. The van der Waals surface area contributed by atoms with E-state index in [1.54, 1.807) is 0 Å². The number of aromatic amines is 1. The third kappa shape index (κ3) is 4.36. The number of hydrogen-bond donors (Lipinski definition) is 1. The Morgan fingerprint density at radius 1 is 0.429 bits per heavy atom. The average Bonchev–Trinajstić information content (AvgIpc) is 3.83. The third-order valence-electron chi connectivity index (χ3n) is 7.66. The second-order valence-electron chi connectivity index (χ2n) is 10.5. The van der Waals surface area contributed by atoms with Crippen LogP contribution in [-0.2, 0) is 0 Å². The molecule has 0 atom stereocenters. The molecule has 198 valence electrons. The smallest absolute Gasteiger partial charge is 0.0658 e. The number of fused-ring (bicyclic) bond motifs is 8. The number of benzene rings is 3. The maximum atomic E-state index is 5.01. The normalized spacial score (nSPS) is 12.1. The second kappa shape index (κ2) is 10.0. The summed E-state index contributed by atoms with van der Waals surface area (Å²) < 4.78 is 2.35. The van der Waals surface area contributed by atoms with Crippen LogP contribution in [-0.4, -0.2) is 19.5 Å². The lowest BCUT2D eigenvalue weighted by atomic mass is 9.96. The molecule has 0 aliphatic carbocycles. The zero-order valence-electron chi connectivity index (χ0n) is 22.8. The van der Waals surface area contributed by atoms with E-state index in [-0.39, 0.29) is 0 Å². The molecular weight excluding hydrogens is 512 g/mol. The van der Waals surface area contributed by atoms with Crippen LogP contribution in [0.25, 0.3) is 74.3 Å². The molecule has 8 bridgehead atoms. The van der Waals surface area contributed by atoms with Crippen molar-refractivity contribution in [1.82, 2.24) is 19.5 Å². The van der Waals surface area contributed by atoms with E-state index >= 15 is 0 Å². The summed E-state index contributed by atoms with van der Waals surface area (Å²) in [6, 6.07) is 44.6. The molecule has 3 aromatic heterocycles. The maximum Gasteiger partial charge on any atom is 0.0658 e. The number of hydrogen-bond acceptors (Lipinski definition) is 2. The molecule has 0 unspecified atom stereocenters. The zero-order chi connectivity index (χ0) is 27.9. The molecule has 3 aromatic carbocycles. The number of H-pyrrole nitrogens is 1. The molecule has 1 N–H and O–H groups in total. The van der Waals surface area contributed by atoms with Gasteiger partial charge in [0.05, 0.1) is 33.8 Å². The van der Waals surface area contributed by atoms with Crippen molar-refractivity contribution in [3.63, 3.8) is 0 Å². The molecule has 42 heavy (non-hydrogen) atoms. The first-order valence-corrected chi connectivity index (χ1v) is 14.1. The van der Waals surface area contributed by atoms with Gasteiger partial charge in [-0.1, -0.05) is 78.9 Å². The summed E-state index contributed by atoms with van der Waals surface area (Å²) in [6.07, 6.45) is 8.32. The molecule has 0 saturated heterocycles. The fraction of sp³-hybridized carbons (Fsp3) is 0. The Bertz CT molecular complexity index is 2030. The van der Waals surface area contributed by atoms with Crippen LogP contribution in [0.1, 0.15) is 22.8 Å². The highest BCUT2D eigenvalue weighted by atomic mass is 15.0. The molecule has 4 nitrogen and oxygen atoms in total. The molecule has 0 amide bonds. The molecule has 0 saturated carbocycles. The van der Waals surface area contributed by atoms with Gasteiger partial charge in [-0.3, -0.25) is 0 Å². The number of para-hydroxylation sites is 1. The molecule has 0 fully saturated rings. The first-order valence-electron chi connectivity index (χ1n) is 14.1. The fourth-order valence-electron chi connectivity index (χ4n) is 5.84. The highest BCUT2D eigenvalue weighted by Gasteiger charge is 2.21. The van der Waals surface area contributed by atoms with Crippen molar-refractivity contribution in [3.05, 3.63) is 150 Å². The Labute approximate surface area is 243 Å². The van der Waals surface area contributed by atoms with Crippen LogP contribution in [0.15, 0.2) is 127 Å². The first-order chi connectivity index (χ1) is 20.8. The Balaban J connectivity index is 1.63. The van der Waals surface area contributed by atoms with E-state index in [1.807, 2.05) is 0 Å². The molecule has 0 radical (unpaired) electrons. The van der Waals surface area contributed by atoms with Crippen molar-refractivity contribution >= 4 is 46.4 Å². The van der Waals surface area contributed by atoms with Crippen molar-refractivity contribution in [2.75, 3.05) is 0 Å². The molecular formula is C38H26N4. The topological polar surface area (TPSA) is 46.5 Å². The average molecular weight is 539 g/mol. The highest BCUT2D eigenvalue weighted by molar-refractivity contribution is 6.05. The van der Waals surface area contributed by atoms with Gasteiger partial charge in [-0.25, -0.2) is 9.97 Å². The number of rotatable bonds is 3. The summed E-state index contributed by atoms with van der Waals surface area (Å²) in [7, 11) is 0. The van der Waals surface area contributed by atoms with Gasteiger partial charge >= 0.3 is 0 Å². The van der Waals surface area contributed by atoms with E-state index < -0.39 is 0 Å². The van der Waals surface area contributed by atoms with Gasteiger partial charge in [0.1, 0.15) is 0 Å². The van der Waals surface area contributed by atoms with Crippen LogP contribution in [0.3, 0.4) is 0 Å². The number of aromatic nitrogens is 4. The van der Waals surface area contributed by atoms with Gasteiger partial charge in [-0.2, -0.15) is 0 Å². The van der Waals surface area contributed by atoms with Gasteiger partial charge in [0.25, 0.3) is 0 Å². The largest absolute Gasteiger partial charge is 0.355 e. The summed E-state index contributed by atoms with van der Waals surface area (Å²) in [5, 5.41) is 0. The van der Waals surface area contributed by atoms with Crippen molar-refractivity contribution in [3.8, 4) is 27.9 Å². The van der Waals surface area contributed by atoms with Crippen molar-refractivity contribution in [2.24, 2.45) is 0 Å². The minimum atomic E-state index is 0.901. The standard InChI is InChI=1S/C38H26N4/c1-4-10-26(11-5-1)37-35-24-32-20-18-30(40-32)22-28-16-17-29(39-28)23-31-19-21-33(41-31)25-36(38(37)27-12-6-2-7-13-27)42(35)34-14-8-3-9-15-34/h1-25,39H. The SMILES string of the molecule is C1=Cc2cc3c(-c4ccccc4)c(-c4ccccc4)c(cc4nc(cc5ccc(cc1n2)[nH]5)C=C4)n3-c1ccccc1. The van der Waals surface area contributed by atoms with E-state index in [0.717, 1.165) is 72.8 Å². The monoisotopic (exact) mass is 538 g/mol. The van der Waals surface area contributed by atoms with E-state index in [0.29, 0.717) is 0 Å². The van der Waals surface area contributed by atoms with Gasteiger partial charge in [-0.05, 0) is 84.0 Å². The zero-order valence-corrected chi connectivity index (χ0v) is 22.8.